The molecule has 0 aliphatic carbocycles. The molecule has 1 aromatic rings. The first-order valence-corrected chi connectivity index (χ1v) is 8.54. The van der Waals surface area contributed by atoms with Crippen molar-refractivity contribution in [2.24, 2.45) is 0 Å². The third-order valence-corrected chi connectivity index (χ3v) is 5.32. The highest BCUT2D eigenvalue weighted by Crippen LogP contribution is 2.38. The molecule has 1 atom stereocenters. The molecule has 1 aliphatic rings. The van der Waals surface area contributed by atoms with Crippen molar-refractivity contribution in [1.29, 1.82) is 0 Å². The Balaban J connectivity index is 2.10. The molecule has 0 amide bonds. The molecule has 0 aromatic heterocycles. The zero-order valence-electron chi connectivity index (χ0n) is 12.5. The van der Waals surface area contributed by atoms with E-state index < -0.39 is 9.84 Å². The van der Waals surface area contributed by atoms with E-state index in [-0.39, 0.29) is 17.5 Å². The fourth-order valence-electron chi connectivity index (χ4n) is 2.46. The van der Waals surface area contributed by atoms with Crippen molar-refractivity contribution >= 4 is 9.84 Å². The molecule has 1 saturated heterocycles. The molecule has 0 saturated carbocycles. The van der Waals surface area contributed by atoms with Crippen molar-refractivity contribution < 1.29 is 22.6 Å². The van der Waals surface area contributed by atoms with Crippen LogP contribution < -0.4 is 19.5 Å². The Morgan fingerprint density at radius 2 is 1.76 bits per heavy atom. The number of benzene rings is 1. The Labute approximate surface area is 125 Å². The molecule has 21 heavy (non-hydrogen) atoms. The van der Waals surface area contributed by atoms with E-state index in [2.05, 4.69) is 5.32 Å². The Morgan fingerprint density at radius 3 is 2.19 bits per heavy atom. The fourth-order valence-corrected chi connectivity index (χ4v) is 4.16. The van der Waals surface area contributed by atoms with Crippen molar-refractivity contribution in [1.82, 2.24) is 5.32 Å². The van der Waals surface area contributed by atoms with Crippen molar-refractivity contribution in [3.8, 4) is 17.2 Å². The molecule has 0 radical (unpaired) electrons. The van der Waals surface area contributed by atoms with Crippen LogP contribution in [-0.4, -0.2) is 47.3 Å². The SMILES string of the molecule is COc1cc(CN[C@H]2CCS(=O)(=O)C2)cc(OC)c1OC. The summed E-state index contributed by atoms with van der Waals surface area (Å²) in [6, 6.07) is 3.73. The second-order valence-corrected chi connectivity index (χ2v) is 7.24. The summed E-state index contributed by atoms with van der Waals surface area (Å²) in [7, 11) is 1.82. The standard InChI is InChI=1S/C14H21NO5S/c1-18-12-6-10(7-13(19-2)14(12)20-3)8-15-11-4-5-21(16,17)9-11/h6-7,11,15H,4-5,8-9H2,1-3H3/t11-/m0/s1. The highest BCUT2D eigenvalue weighted by molar-refractivity contribution is 7.91. The third kappa shape index (κ3) is 3.79. The maximum atomic E-state index is 11.4. The second-order valence-electron chi connectivity index (χ2n) is 5.01. The number of rotatable bonds is 6. The van der Waals surface area contributed by atoms with Crippen LogP contribution in [0, 0.1) is 0 Å². The van der Waals surface area contributed by atoms with E-state index in [0.717, 1.165) is 5.56 Å². The smallest absolute Gasteiger partial charge is 0.203 e. The molecule has 0 bridgehead atoms. The molecule has 1 N–H and O–H groups in total. The lowest BCUT2D eigenvalue weighted by molar-refractivity contribution is 0.323. The van der Waals surface area contributed by atoms with Gasteiger partial charge in [0.05, 0.1) is 32.8 Å². The summed E-state index contributed by atoms with van der Waals surface area (Å²) >= 11 is 0. The number of hydrogen-bond acceptors (Lipinski definition) is 6. The maximum absolute atomic E-state index is 11.4. The first kappa shape index (κ1) is 15.9. The molecule has 1 heterocycles. The topological polar surface area (TPSA) is 73.9 Å². The van der Waals surface area contributed by atoms with E-state index in [9.17, 15) is 8.42 Å². The summed E-state index contributed by atoms with van der Waals surface area (Å²) in [6.45, 7) is 0.552. The number of sulfone groups is 1. The molecular weight excluding hydrogens is 294 g/mol. The van der Waals surface area contributed by atoms with Crippen LogP contribution in [0.25, 0.3) is 0 Å². The molecule has 0 spiro atoms. The lowest BCUT2D eigenvalue weighted by Gasteiger charge is -2.16. The quantitative estimate of drug-likeness (QED) is 0.844. The van der Waals surface area contributed by atoms with Gasteiger partial charge in [0.15, 0.2) is 21.3 Å². The summed E-state index contributed by atoms with van der Waals surface area (Å²) in [5, 5.41) is 3.26. The maximum Gasteiger partial charge on any atom is 0.203 e. The molecule has 2 rings (SSSR count). The average molecular weight is 315 g/mol. The lowest BCUT2D eigenvalue weighted by Crippen LogP contribution is -2.29. The Bertz CT molecular complexity index is 574. The Kier molecular flexibility index (Phi) is 4.95. The normalized spacial score (nSPS) is 20.2. The number of ether oxygens (including phenoxy) is 3. The molecule has 118 valence electrons. The van der Waals surface area contributed by atoms with E-state index in [1.54, 1.807) is 21.3 Å². The molecule has 0 unspecified atom stereocenters. The van der Waals surface area contributed by atoms with Gasteiger partial charge in [0.25, 0.3) is 0 Å². The predicted octanol–water partition coefficient (Wildman–Crippen LogP) is 0.989. The Hall–Kier alpha value is -1.47. The van der Waals surface area contributed by atoms with Crippen molar-refractivity contribution in [3.05, 3.63) is 17.7 Å². The molecular formula is C14H21NO5S. The second kappa shape index (κ2) is 6.53. The summed E-state index contributed by atoms with van der Waals surface area (Å²) in [5.41, 5.74) is 0.953. The minimum absolute atomic E-state index is 0.00842. The minimum atomic E-state index is -2.87. The summed E-state index contributed by atoms with van der Waals surface area (Å²) in [5.74, 6) is 2.20. The van der Waals surface area contributed by atoms with Gasteiger partial charge in [-0.15, -0.1) is 0 Å². The molecule has 1 aliphatic heterocycles. The van der Waals surface area contributed by atoms with Crippen molar-refractivity contribution in [2.75, 3.05) is 32.8 Å². The van der Waals surface area contributed by atoms with E-state index in [4.69, 9.17) is 14.2 Å². The van der Waals surface area contributed by atoms with E-state index in [1.165, 1.54) is 0 Å². The van der Waals surface area contributed by atoms with Gasteiger partial charge in [0, 0.05) is 12.6 Å². The molecule has 6 nitrogen and oxygen atoms in total. The molecule has 7 heteroatoms. The Morgan fingerprint density at radius 1 is 1.14 bits per heavy atom. The summed E-state index contributed by atoms with van der Waals surface area (Å²) in [6.07, 6.45) is 0.659. The first-order valence-electron chi connectivity index (χ1n) is 6.71. The van der Waals surface area contributed by atoms with Crippen LogP contribution in [0.4, 0.5) is 0 Å². The summed E-state index contributed by atoms with van der Waals surface area (Å²) < 4.78 is 38.7. The lowest BCUT2D eigenvalue weighted by atomic mass is 10.1. The predicted molar refractivity (Wildman–Crippen MR) is 80.0 cm³/mol. The van der Waals surface area contributed by atoms with Gasteiger partial charge in [-0.05, 0) is 24.1 Å². The van der Waals surface area contributed by atoms with Crippen LogP contribution in [0.2, 0.25) is 0 Å². The highest BCUT2D eigenvalue weighted by atomic mass is 32.2. The number of methoxy groups -OCH3 is 3. The van der Waals surface area contributed by atoms with E-state index in [0.29, 0.717) is 30.2 Å². The summed E-state index contributed by atoms with van der Waals surface area (Å²) in [4.78, 5) is 0. The third-order valence-electron chi connectivity index (χ3n) is 3.55. The number of nitrogens with one attached hydrogen (secondary N) is 1. The molecule has 1 fully saturated rings. The molecule has 1 aromatic carbocycles. The van der Waals surface area contributed by atoms with Gasteiger partial charge in [0.2, 0.25) is 5.75 Å². The van der Waals surface area contributed by atoms with Crippen LogP contribution in [0.5, 0.6) is 17.2 Å². The van der Waals surface area contributed by atoms with Gasteiger partial charge in [-0.3, -0.25) is 0 Å². The van der Waals surface area contributed by atoms with E-state index in [1.807, 2.05) is 12.1 Å². The fraction of sp³-hybridized carbons (Fsp3) is 0.571. The average Bonchev–Trinajstić information content (AvgIpc) is 2.83. The van der Waals surface area contributed by atoms with Gasteiger partial charge in [-0.2, -0.15) is 0 Å². The van der Waals surface area contributed by atoms with Crippen LogP contribution in [0.1, 0.15) is 12.0 Å². The van der Waals surface area contributed by atoms with Crippen LogP contribution in [0.3, 0.4) is 0 Å². The van der Waals surface area contributed by atoms with E-state index >= 15 is 0 Å². The van der Waals surface area contributed by atoms with Crippen molar-refractivity contribution in [3.63, 3.8) is 0 Å². The van der Waals surface area contributed by atoms with Gasteiger partial charge < -0.3 is 19.5 Å². The van der Waals surface area contributed by atoms with Gasteiger partial charge in [-0.25, -0.2) is 8.42 Å². The van der Waals surface area contributed by atoms with Crippen LogP contribution >= 0.6 is 0 Å². The first-order chi connectivity index (χ1) is 9.99. The number of hydrogen-bond donors (Lipinski definition) is 1. The minimum Gasteiger partial charge on any atom is -0.493 e. The van der Waals surface area contributed by atoms with Crippen molar-refractivity contribution in [2.45, 2.75) is 19.0 Å². The highest BCUT2D eigenvalue weighted by Gasteiger charge is 2.27. The van der Waals surface area contributed by atoms with Gasteiger partial charge >= 0.3 is 0 Å². The van der Waals surface area contributed by atoms with Gasteiger partial charge in [0.1, 0.15) is 0 Å². The van der Waals surface area contributed by atoms with Crippen LogP contribution in [0.15, 0.2) is 12.1 Å². The zero-order valence-corrected chi connectivity index (χ0v) is 13.3. The van der Waals surface area contributed by atoms with Gasteiger partial charge in [-0.1, -0.05) is 0 Å². The van der Waals surface area contributed by atoms with Crippen LogP contribution in [-0.2, 0) is 16.4 Å². The largest absolute Gasteiger partial charge is 0.493 e. The monoisotopic (exact) mass is 315 g/mol. The zero-order chi connectivity index (χ0) is 15.5.